The average Bonchev–Trinajstić information content (AvgIpc) is 3.09. The van der Waals surface area contributed by atoms with Crippen molar-refractivity contribution in [1.82, 2.24) is 4.90 Å². The number of amides is 2. The van der Waals surface area contributed by atoms with Gasteiger partial charge < -0.3 is 19.7 Å². The summed E-state index contributed by atoms with van der Waals surface area (Å²) in [6, 6.07) is 9.21. The summed E-state index contributed by atoms with van der Waals surface area (Å²) in [5, 5.41) is 2.80. The van der Waals surface area contributed by atoms with E-state index in [0.29, 0.717) is 36.9 Å². The minimum atomic E-state index is -0.262. The predicted octanol–water partition coefficient (Wildman–Crippen LogP) is 3.33. The second-order valence-electron chi connectivity index (χ2n) is 6.04. The van der Waals surface area contributed by atoms with Crippen molar-refractivity contribution in [3.05, 3.63) is 46.2 Å². The van der Waals surface area contributed by atoms with E-state index in [1.807, 2.05) is 26.0 Å². The zero-order valence-electron chi connectivity index (χ0n) is 15.4. The Kier molecular flexibility index (Phi) is 6.13. The van der Waals surface area contributed by atoms with Gasteiger partial charge in [-0.25, -0.2) is 0 Å². The number of hydrogen-bond acceptors (Lipinski definition) is 5. The molecule has 1 aromatic heterocycles. The van der Waals surface area contributed by atoms with Crippen molar-refractivity contribution in [2.24, 2.45) is 0 Å². The van der Waals surface area contributed by atoms with E-state index in [1.165, 1.54) is 15.9 Å². The van der Waals surface area contributed by atoms with Gasteiger partial charge in [0.15, 0.2) is 11.5 Å². The van der Waals surface area contributed by atoms with Crippen molar-refractivity contribution in [2.45, 2.75) is 13.8 Å². The first-order chi connectivity index (χ1) is 13.0. The van der Waals surface area contributed by atoms with Gasteiger partial charge in [-0.15, -0.1) is 11.3 Å². The van der Waals surface area contributed by atoms with Gasteiger partial charge >= 0.3 is 0 Å². The SMILES string of the molecule is CCN(CC(=O)Nc1ccc2c(c1)OCCO2)C(=O)/C=C/c1ccc(C)s1. The molecule has 1 aliphatic heterocycles. The summed E-state index contributed by atoms with van der Waals surface area (Å²) in [5.74, 6) is 0.818. The summed E-state index contributed by atoms with van der Waals surface area (Å²) in [4.78, 5) is 28.4. The molecule has 142 valence electrons. The quantitative estimate of drug-likeness (QED) is 0.774. The predicted molar refractivity (Wildman–Crippen MR) is 106 cm³/mol. The van der Waals surface area contributed by atoms with Crippen molar-refractivity contribution in [1.29, 1.82) is 0 Å². The van der Waals surface area contributed by atoms with Crippen LogP contribution in [-0.4, -0.2) is 43.0 Å². The van der Waals surface area contributed by atoms with Gasteiger partial charge in [0.1, 0.15) is 19.8 Å². The van der Waals surface area contributed by atoms with Gasteiger partial charge in [0.25, 0.3) is 0 Å². The molecule has 0 spiro atoms. The third-order valence-corrected chi connectivity index (χ3v) is 4.97. The smallest absolute Gasteiger partial charge is 0.247 e. The fraction of sp³-hybridized carbons (Fsp3) is 0.300. The maximum atomic E-state index is 12.4. The van der Waals surface area contributed by atoms with E-state index in [0.717, 1.165) is 4.88 Å². The summed E-state index contributed by atoms with van der Waals surface area (Å²) < 4.78 is 11.0. The first-order valence-corrected chi connectivity index (χ1v) is 9.59. The third-order valence-electron chi connectivity index (χ3n) is 4.01. The molecule has 1 aliphatic rings. The topological polar surface area (TPSA) is 67.9 Å². The van der Waals surface area contributed by atoms with Crippen LogP contribution in [0.25, 0.3) is 6.08 Å². The largest absolute Gasteiger partial charge is 0.486 e. The molecular weight excluding hydrogens is 364 g/mol. The number of nitrogens with one attached hydrogen (secondary N) is 1. The molecule has 0 fully saturated rings. The molecular formula is C20H22N2O4S. The Balaban J connectivity index is 1.58. The van der Waals surface area contributed by atoms with Gasteiger partial charge in [-0.3, -0.25) is 9.59 Å². The number of carbonyl (C=O) groups is 2. The number of ether oxygens (including phenoxy) is 2. The Labute approximate surface area is 162 Å². The summed E-state index contributed by atoms with van der Waals surface area (Å²) >= 11 is 1.62. The minimum Gasteiger partial charge on any atom is -0.486 e. The van der Waals surface area contributed by atoms with Crippen molar-refractivity contribution < 1.29 is 19.1 Å². The molecule has 0 saturated heterocycles. The Morgan fingerprint density at radius 3 is 2.67 bits per heavy atom. The summed E-state index contributed by atoms with van der Waals surface area (Å²) in [5.41, 5.74) is 0.609. The molecule has 2 amide bonds. The lowest BCUT2D eigenvalue weighted by Crippen LogP contribution is -2.36. The van der Waals surface area contributed by atoms with E-state index in [-0.39, 0.29) is 18.4 Å². The first kappa shape index (κ1) is 19.0. The Hall–Kier alpha value is -2.80. The van der Waals surface area contributed by atoms with Gasteiger partial charge in [0.05, 0.1) is 0 Å². The van der Waals surface area contributed by atoms with Gasteiger partial charge in [-0.2, -0.15) is 0 Å². The number of rotatable bonds is 6. The molecule has 0 atom stereocenters. The van der Waals surface area contributed by atoms with Crippen LogP contribution < -0.4 is 14.8 Å². The highest BCUT2D eigenvalue weighted by Crippen LogP contribution is 2.32. The van der Waals surface area contributed by atoms with Crippen LogP contribution in [0.15, 0.2) is 36.4 Å². The molecule has 0 unspecified atom stereocenters. The molecule has 7 heteroatoms. The van der Waals surface area contributed by atoms with Crippen molar-refractivity contribution >= 4 is 34.9 Å². The van der Waals surface area contributed by atoms with Crippen molar-refractivity contribution in [3.8, 4) is 11.5 Å². The van der Waals surface area contributed by atoms with E-state index in [4.69, 9.17) is 9.47 Å². The number of anilines is 1. The molecule has 1 N–H and O–H groups in total. The molecule has 3 rings (SSSR count). The lowest BCUT2D eigenvalue weighted by molar-refractivity contribution is -0.130. The lowest BCUT2D eigenvalue weighted by Gasteiger charge is -2.20. The van der Waals surface area contributed by atoms with Gasteiger partial charge in [-0.05, 0) is 44.2 Å². The fourth-order valence-corrected chi connectivity index (χ4v) is 3.42. The zero-order chi connectivity index (χ0) is 19.2. The standard InChI is InChI=1S/C20H22N2O4S/c1-3-22(20(24)9-7-16-6-4-14(2)27-16)13-19(23)21-15-5-8-17-18(12-15)26-11-10-25-17/h4-9,12H,3,10-11,13H2,1-2H3,(H,21,23)/b9-7+. The maximum Gasteiger partial charge on any atom is 0.247 e. The molecule has 6 nitrogen and oxygen atoms in total. The fourth-order valence-electron chi connectivity index (χ4n) is 2.64. The maximum absolute atomic E-state index is 12.4. The van der Waals surface area contributed by atoms with Gasteiger partial charge in [0, 0.05) is 34.1 Å². The number of benzene rings is 1. The van der Waals surface area contributed by atoms with Crippen LogP contribution in [0.3, 0.4) is 0 Å². The van der Waals surface area contributed by atoms with E-state index >= 15 is 0 Å². The Morgan fingerprint density at radius 1 is 1.19 bits per heavy atom. The molecule has 0 radical (unpaired) electrons. The van der Waals surface area contributed by atoms with Crippen LogP contribution in [0.4, 0.5) is 5.69 Å². The summed E-state index contributed by atoms with van der Waals surface area (Å²) in [7, 11) is 0. The number of nitrogens with zero attached hydrogens (tertiary/aromatic N) is 1. The van der Waals surface area contributed by atoms with Crippen LogP contribution in [-0.2, 0) is 9.59 Å². The van der Waals surface area contributed by atoms with Crippen LogP contribution in [0, 0.1) is 6.92 Å². The summed E-state index contributed by atoms with van der Waals surface area (Å²) in [6.07, 6.45) is 3.29. The van der Waals surface area contributed by atoms with Crippen LogP contribution in [0.2, 0.25) is 0 Å². The van der Waals surface area contributed by atoms with E-state index in [2.05, 4.69) is 5.32 Å². The van der Waals surface area contributed by atoms with Crippen molar-refractivity contribution in [2.75, 3.05) is 31.6 Å². The molecule has 27 heavy (non-hydrogen) atoms. The zero-order valence-corrected chi connectivity index (χ0v) is 16.2. The second kappa shape index (κ2) is 8.73. The Bertz CT molecular complexity index is 859. The normalized spacial score (nSPS) is 12.8. The van der Waals surface area contributed by atoms with E-state index in [9.17, 15) is 9.59 Å². The Morgan fingerprint density at radius 2 is 1.96 bits per heavy atom. The number of likely N-dealkylation sites (N-methyl/N-ethyl adjacent to an activating group) is 1. The van der Waals surface area contributed by atoms with Crippen LogP contribution >= 0.6 is 11.3 Å². The highest BCUT2D eigenvalue weighted by atomic mass is 32.1. The first-order valence-electron chi connectivity index (χ1n) is 8.78. The number of thiophene rings is 1. The second-order valence-corrected chi connectivity index (χ2v) is 7.36. The average molecular weight is 386 g/mol. The van der Waals surface area contributed by atoms with E-state index in [1.54, 1.807) is 35.6 Å². The molecule has 0 saturated carbocycles. The molecule has 2 heterocycles. The number of aryl methyl sites for hydroxylation is 1. The van der Waals surface area contributed by atoms with Crippen molar-refractivity contribution in [3.63, 3.8) is 0 Å². The molecule has 1 aromatic carbocycles. The van der Waals surface area contributed by atoms with Crippen LogP contribution in [0.1, 0.15) is 16.7 Å². The van der Waals surface area contributed by atoms with Gasteiger partial charge in [-0.1, -0.05) is 0 Å². The molecule has 0 aliphatic carbocycles. The lowest BCUT2D eigenvalue weighted by atomic mass is 10.2. The van der Waals surface area contributed by atoms with Gasteiger partial charge in [0.2, 0.25) is 11.8 Å². The highest BCUT2D eigenvalue weighted by Gasteiger charge is 2.16. The molecule has 0 bridgehead atoms. The van der Waals surface area contributed by atoms with E-state index < -0.39 is 0 Å². The number of hydrogen-bond donors (Lipinski definition) is 1. The highest BCUT2D eigenvalue weighted by molar-refractivity contribution is 7.12. The number of fused-ring (bicyclic) bond motifs is 1. The third kappa shape index (κ3) is 5.10. The molecule has 2 aromatic rings. The minimum absolute atomic E-state index is 0.0163. The number of carbonyl (C=O) groups excluding carboxylic acids is 2. The summed E-state index contributed by atoms with van der Waals surface area (Å²) in [6.45, 7) is 5.30. The van der Waals surface area contributed by atoms with Crippen LogP contribution in [0.5, 0.6) is 11.5 Å². The monoisotopic (exact) mass is 386 g/mol.